The van der Waals surface area contributed by atoms with Crippen LogP contribution in [0.1, 0.15) is 58.8 Å². The van der Waals surface area contributed by atoms with E-state index < -0.39 is 0 Å². The summed E-state index contributed by atoms with van der Waals surface area (Å²) in [5.74, 6) is 1.04. The first-order chi connectivity index (χ1) is 6.79. The minimum Gasteiger partial charge on any atom is -0.298 e. The molecule has 2 fully saturated rings. The lowest BCUT2D eigenvalue weighted by atomic mass is 9.82. The minimum atomic E-state index is 0.768. The fraction of sp³-hybridized carbons (Fsp3) is 1.00. The summed E-state index contributed by atoms with van der Waals surface area (Å²) in [6.45, 7) is 6.08. The predicted molar refractivity (Wildman–Crippen MR) is 61.4 cm³/mol. The Kier molecular flexibility index (Phi) is 3.48. The van der Waals surface area contributed by atoms with E-state index in [0.717, 1.165) is 18.0 Å². The average molecular weight is 195 g/mol. The van der Waals surface area contributed by atoms with E-state index in [4.69, 9.17) is 0 Å². The van der Waals surface area contributed by atoms with Crippen LogP contribution >= 0.6 is 0 Å². The summed E-state index contributed by atoms with van der Waals surface area (Å²) in [6, 6.07) is 1.71. The van der Waals surface area contributed by atoms with Gasteiger partial charge in [-0.2, -0.15) is 0 Å². The maximum atomic E-state index is 2.76. The molecule has 0 N–H and O–H groups in total. The van der Waals surface area contributed by atoms with Gasteiger partial charge in [0.1, 0.15) is 0 Å². The highest BCUT2D eigenvalue weighted by Gasteiger charge is 2.33. The van der Waals surface area contributed by atoms with Crippen molar-refractivity contribution < 1.29 is 0 Å². The van der Waals surface area contributed by atoms with Crippen molar-refractivity contribution in [3.63, 3.8) is 0 Å². The van der Waals surface area contributed by atoms with E-state index >= 15 is 0 Å². The molecule has 1 saturated carbocycles. The quantitative estimate of drug-likeness (QED) is 0.652. The summed E-state index contributed by atoms with van der Waals surface area (Å²) in [7, 11) is 0. The zero-order valence-electron chi connectivity index (χ0n) is 9.84. The third kappa shape index (κ3) is 2.13. The number of hydrogen-bond donors (Lipinski definition) is 0. The first-order valence-electron chi connectivity index (χ1n) is 6.55. The highest BCUT2D eigenvalue weighted by molar-refractivity contribution is 4.87. The molecule has 2 aliphatic rings. The highest BCUT2D eigenvalue weighted by atomic mass is 15.2. The van der Waals surface area contributed by atoms with Crippen LogP contribution in [0.4, 0.5) is 0 Å². The van der Waals surface area contributed by atoms with Crippen molar-refractivity contribution >= 4 is 0 Å². The number of rotatable bonds is 2. The second-order valence-corrected chi connectivity index (χ2v) is 5.44. The lowest BCUT2D eigenvalue weighted by molar-refractivity contribution is 0.128. The van der Waals surface area contributed by atoms with Crippen LogP contribution in [0.15, 0.2) is 0 Å². The smallest absolute Gasteiger partial charge is 0.0127 e. The van der Waals surface area contributed by atoms with E-state index in [1.165, 1.54) is 51.5 Å². The van der Waals surface area contributed by atoms with Gasteiger partial charge in [-0.1, -0.05) is 19.3 Å². The van der Waals surface area contributed by atoms with Crippen LogP contribution in [0, 0.1) is 5.92 Å². The lowest BCUT2D eigenvalue weighted by Crippen LogP contribution is -2.40. The minimum absolute atomic E-state index is 0.768. The number of likely N-dealkylation sites (tertiary alicyclic amines) is 1. The van der Waals surface area contributed by atoms with Crippen LogP contribution in [-0.2, 0) is 0 Å². The van der Waals surface area contributed by atoms with Gasteiger partial charge >= 0.3 is 0 Å². The maximum Gasteiger partial charge on any atom is 0.0127 e. The van der Waals surface area contributed by atoms with E-state index in [1.807, 2.05) is 0 Å². The molecule has 1 aliphatic heterocycles. The molecule has 0 aromatic carbocycles. The molecule has 0 bridgehead atoms. The van der Waals surface area contributed by atoms with Crippen LogP contribution in [0.3, 0.4) is 0 Å². The van der Waals surface area contributed by atoms with Crippen molar-refractivity contribution in [3.8, 4) is 0 Å². The van der Waals surface area contributed by atoms with Crippen LogP contribution < -0.4 is 0 Å². The molecule has 1 aliphatic carbocycles. The van der Waals surface area contributed by atoms with E-state index in [1.54, 1.807) is 0 Å². The van der Waals surface area contributed by atoms with Gasteiger partial charge in [0.05, 0.1) is 0 Å². The molecular weight excluding hydrogens is 170 g/mol. The van der Waals surface area contributed by atoms with Gasteiger partial charge in [-0.15, -0.1) is 0 Å². The molecule has 0 amide bonds. The van der Waals surface area contributed by atoms with E-state index in [2.05, 4.69) is 18.7 Å². The Morgan fingerprint density at radius 2 is 1.64 bits per heavy atom. The molecule has 1 nitrogen and oxygen atoms in total. The standard InChI is InChI=1S/C13H25N/c1-11(2)14-10-6-9-13(14)12-7-4-3-5-8-12/h11-13H,3-10H2,1-2H3. The van der Waals surface area contributed by atoms with Gasteiger partial charge in [-0.25, -0.2) is 0 Å². The molecule has 0 radical (unpaired) electrons. The average Bonchev–Trinajstić information content (AvgIpc) is 2.67. The first-order valence-corrected chi connectivity index (χ1v) is 6.55. The Hall–Kier alpha value is -0.0400. The Labute approximate surface area is 88.9 Å². The van der Waals surface area contributed by atoms with Crippen molar-refractivity contribution in [1.82, 2.24) is 4.90 Å². The third-order valence-electron chi connectivity index (χ3n) is 4.20. The Morgan fingerprint density at radius 1 is 0.929 bits per heavy atom. The van der Waals surface area contributed by atoms with Crippen molar-refractivity contribution in [2.45, 2.75) is 70.9 Å². The van der Waals surface area contributed by atoms with Crippen LogP contribution in [0.25, 0.3) is 0 Å². The summed E-state index contributed by atoms with van der Waals surface area (Å²) in [4.78, 5) is 2.76. The summed E-state index contributed by atoms with van der Waals surface area (Å²) >= 11 is 0. The zero-order valence-corrected chi connectivity index (χ0v) is 9.84. The van der Waals surface area contributed by atoms with Crippen molar-refractivity contribution in [2.24, 2.45) is 5.92 Å². The van der Waals surface area contributed by atoms with Gasteiger partial charge in [0.2, 0.25) is 0 Å². The van der Waals surface area contributed by atoms with E-state index in [-0.39, 0.29) is 0 Å². The van der Waals surface area contributed by atoms with Gasteiger partial charge in [0, 0.05) is 12.1 Å². The molecule has 0 aromatic rings. The normalized spacial score (nSPS) is 31.5. The second-order valence-electron chi connectivity index (χ2n) is 5.44. The van der Waals surface area contributed by atoms with Crippen LogP contribution in [-0.4, -0.2) is 23.5 Å². The zero-order chi connectivity index (χ0) is 9.97. The lowest BCUT2D eigenvalue weighted by Gasteiger charge is -2.36. The predicted octanol–water partition coefficient (Wildman–Crippen LogP) is 3.44. The maximum absolute atomic E-state index is 2.76. The molecule has 1 heterocycles. The largest absolute Gasteiger partial charge is 0.298 e. The van der Waals surface area contributed by atoms with Crippen LogP contribution in [0.5, 0.6) is 0 Å². The molecule has 1 heteroatoms. The van der Waals surface area contributed by atoms with Crippen molar-refractivity contribution in [1.29, 1.82) is 0 Å². The first kappa shape index (κ1) is 10.5. The molecule has 0 spiro atoms. The second kappa shape index (κ2) is 4.65. The summed E-state index contributed by atoms with van der Waals surface area (Å²) in [5, 5.41) is 0. The van der Waals surface area contributed by atoms with E-state index in [0.29, 0.717) is 0 Å². The Balaban J connectivity index is 1.94. The van der Waals surface area contributed by atoms with Gasteiger partial charge in [0.25, 0.3) is 0 Å². The Bertz CT molecular complexity index is 170. The molecular formula is C13H25N. The Morgan fingerprint density at radius 3 is 2.29 bits per heavy atom. The topological polar surface area (TPSA) is 3.24 Å². The summed E-state index contributed by atoms with van der Waals surface area (Å²) in [5.41, 5.74) is 0. The summed E-state index contributed by atoms with van der Waals surface area (Å²) in [6.07, 6.45) is 10.4. The van der Waals surface area contributed by atoms with Gasteiger partial charge in [-0.3, -0.25) is 4.90 Å². The van der Waals surface area contributed by atoms with E-state index in [9.17, 15) is 0 Å². The number of nitrogens with zero attached hydrogens (tertiary/aromatic N) is 1. The molecule has 14 heavy (non-hydrogen) atoms. The fourth-order valence-corrected chi connectivity index (χ4v) is 3.48. The van der Waals surface area contributed by atoms with Gasteiger partial charge < -0.3 is 0 Å². The molecule has 82 valence electrons. The van der Waals surface area contributed by atoms with Crippen molar-refractivity contribution in [3.05, 3.63) is 0 Å². The highest BCUT2D eigenvalue weighted by Crippen LogP contribution is 2.34. The van der Waals surface area contributed by atoms with Crippen molar-refractivity contribution in [2.75, 3.05) is 6.54 Å². The SMILES string of the molecule is CC(C)N1CCCC1C1CCCCC1. The van der Waals surface area contributed by atoms with Crippen LogP contribution in [0.2, 0.25) is 0 Å². The summed E-state index contributed by atoms with van der Waals surface area (Å²) < 4.78 is 0. The third-order valence-corrected chi connectivity index (χ3v) is 4.20. The fourth-order valence-electron chi connectivity index (χ4n) is 3.48. The molecule has 2 rings (SSSR count). The molecule has 0 aromatic heterocycles. The monoisotopic (exact) mass is 195 g/mol. The number of hydrogen-bond acceptors (Lipinski definition) is 1. The molecule has 1 saturated heterocycles. The molecule has 1 atom stereocenters. The van der Waals surface area contributed by atoms with Gasteiger partial charge in [-0.05, 0) is 52.0 Å². The molecule has 1 unspecified atom stereocenters. The van der Waals surface area contributed by atoms with Gasteiger partial charge in [0.15, 0.2) is 0 Å².